The fourth-order valence-electron chi connectivity index (χ4n) is 2.79. The number of hydrogen-bond donors (Lipinski definition) is 1. The quantitative estimate of drug-likeness (QED) is 0.847. The molecule has 0 radical (unpaired) electrons. The average Bonchev–Trinajstić information content (AvgIpc) is 2.75. The van der Waals surface area contributed by atoms with Crippen LogP contribution in [0.3, 0.4) is 0 Å². The molecule has 2 atom stereocenters. The highest BCUT2D eigenvalue weighted by Crippen LogP contribution is 2.29. The molecule has 1 aromatic carbocycles. The molecule has 1 saturated heterocycles. The van der Waals surface area contributed by atoms with Crippen LogP contribution in [0.4, 0.5) is 5.69 Å². The predicted octanol–water partition coefficient (Wildman–Crippen LogP) is 2.34. The van der Waals surface area contributed by atoms with Gasteiger partial charge in [-0.15, -0.1) is 0 Å². The fourth-order valence-corrected chi connectivity index (χ4v) is 2.79. The Balaban J connectivity index is 1.64. The number of fused-ring (bicyclic) bond motifs is 1. The van der Waals surface area contributed by atoms with Crippen molar-refractivity contribution in [2.24, 2.45) is 0 Å². The molecule has 3 rings (SSSR count). The molecule has 3 heteroatoms. The molecular formula is C14H20N2O. The van der Waals surface area contributed by atoms with Crippen LogP contribution in [-0.2, 0) is 0 Å². The van der Waals surface area contributed by atoms with Gasteiger partial charge in [-0.05, 0) is 38.4 Å². The molecule has 2 aliphatic heterocycles. The summed E-state index contributed by atoms with van der Waals surface area (Å²) in [5.41, 5.74) is 1.12. The van der Waals surface area contributed by atoms with Crippen LogP contribution >= 0.6 is 0 Å². The summed E-state index contributed by atoms with van der Waals surface area (Å²) in [5, 5.41) is 3.45. The van der Waals surface area contributed by atoms with Gasteiger partial charge >= 0.3 is 0 Å². The summed E-state index contributed by atoms with van der Waals surface area (Å²) in [4.78, 5) is 2.54. The van der Waals surface area contributed by atoms with E-state index < -0.39 is 0 Å². The largest absolute Gasteiger partial charge is 0.485 e. The van der Waals surface area contributed by atoms with E-state index in [1.807, 2.05) is 18.2 Å². The van der Waals surface area contributed by atoms with Crippen LogP contribution in [0.25, 0.3) is 0 Å². The Morgan fingerprint density at radius 3 is 3.12 bits per heavy atom. The van der Waals surface area contributed by atoms with Crippen LogP contribution in [0.1, 0.15) is 19.8 Å². The van der Waals surface area contributed by atoms with Crippen molar-refractivity contribution >= 4 is 5.69 Å². The molecule has 1 aromatic rings. The van der Waals surface area contributed by atoms with Gasteiger partial charge in [-0.3, -0.25) is 4.90 Å². The van der Waals surface area contributed by atoms with E-state index in [1.54, 1.807) is 0 Å². The molecule has 0 aliphatic carbocycles. The molecule has 0 spiro atoms. The first kappa shape index (κ1) is 10.9. The van der Waals surface area contributed by atoms with Gasteiger partial charge in [0.2, 0.25) is 0 Å². The maximum absolute atomic E-state index is 6.04. The van der Waals surface area contributed by atoms with Gasteiger partial charge in [0, 0.05) is 12.6 Å². The topological polar surface area (TPSA) is 24.5 Å². The number of ether oxygens (including phenoxy) is 1. The average molecular weight is 232 g/mol. The minimum absolute atomic E-state index is 0.283. The molecule has 0 amide bonds. The minimum atomic E-state index is 0.283. The lowest BCUT2D eigenvalue weighted by atomic mass is 10.2. The molecule has 2 unspecified atom stereocenters. The van der Waals surface area contributed by atoms with Crippen LogP contribution in [0.15, 0.2) is 24.3 Å². The summed E-state index contributed by atoms with van der Waals surface area (Å²) in [7, 11) is 0. The van der Waals surface area contributed by atoms with Crippen molar-refractivity contribution in [3.63, 3.8) is 0 Å². The Morgan fingerprint density at radius 2 is 2.29 bits per heavy atom. The van der Waals surface area contributed by atoms with E-state index in [2.05, 4.69) is 23.2 Å². The molecule has 3 nitrogen and oxygen atoms in total. The zero-order valence-corrected chi connectivity index (χ0v) is 10.4. The summed E-state index contributed by atoms with van der Waals surface area (Å²) < 4.78 is 6.04. The SMILES string of the molecule is CC1CCCN1CC1CNc2ccccc2O1. The van der Waals surface area contributed by atoms with Gasteiger partial charge in [-0.25, -0.2) is 0 Å². The number of likely N-dealkylation sites (tertiary alicyclic amines) is 1. The minimum Gasteiger partial charge on any atom is -0.485 e. The van der Waals surface area contributed by atoms with Gasteiger partial charge in [0.25, 0.3) is 0 Å². The Bertz CT molecular complexity index is 394. The van der Waals surface area contributed by atoms with Gasteiger partial charge in [0.05, 0.1) is 12.2 Å². The zero-order chi connectivity index (χ0) is 11.7. The molecule has 1 N–H and O–H groups in total. The molecular weight excluding hydrogens is 212 g/mol. The number of para-hydroxylation sites is 2. The van der Waals surface area contributed by atoms with Gasteiger partial charge in [0.15, 0.2) is 0 Å². The number of nitrogens with one attached hydrogen (secondary N) is 1. The molecule has 17 heavy (non-hydrogen) atoms. The number of benzene rings is 1. The molecule has 0 saturated carbocycles. The lowest BCUT2D eigenvalue weighted by Gasteiger charge is -2.31. The van der Waals surface area contributed by atoms with Crippen molar-refractivity contribution < 1.29 is 4.74 Å². The van der Waals surface area contributed by atoms with E-state index in [9.17, 15) is 0 Å². The third-order valence-electron chi connectivity index (χ3n) is 3.83. The summed E-state index contributed by atoms with van der Waals surface area (Å²) in [6.07, 6.45) is 2.94. The highest BCUT2D eigenvalue weighted by molar-refractivity contribution is 5.57. The Morgan fingerprint density at radius 1 is 1.41 bits per heavy atom. The van der Waals surface area contributed by atoms with Crippen LogP contribution in [0.2, 0.25) is 0 Å². The molecule has 0 aromatic heterocycles. The lowest BCUT2D eigenvalue weighted by molar-refractivity contribution is 0.132. The Labute approximate surface area is 103 Å². The molecule has 2 aliphatic rings. The van der Waals surface area contributed by atoms with E-state index in [0.29, 0.717) is 0 Å². The van der Waals surface area contributed by atoms with Crippen LogP contribution in [0, 0.1) is 0 Å². The smallest absolute Gasteiger partial charge is 0.142 e. The monoisotopic (exact) mass is 232 g/mol. The Kier molecular flexibility index (Phi) is 2.93. The van der Waals surface area contributed by atoms with Crippen molar-refractivity contribution in [3.8, 4) is 5.75 Å². The summed E-state index contributed by atoms with van der Waals surface area (Å²) in [5.74, 6) is 0.996. The van der Waals surface area contributed by atoms with E-state index in [1.165, 1.54) is 19.4 Å². The van der Waals surface area contributed by atoms with Crippen molar-refractivity contribution in [2.75, 3.05) is 25.0 Å². The number of rotatable bonds is 2. The number of hydrogen-bond acceptors (Lipinski definition) is 3. The van der Waals surface area contributed by atoms with Crippen molar-refractivity contribution in [2.45, 2.75) is 31.9 Å². The third-order valence-corrected chi connectivity index (χ3v) is 3.83. The van der Waals surface area contributed by atoms with Crippen molar-refractivity contribution in [1.29, 1.82) is 0 Å². The van der Waals surface area contributed by atoms with Crippen molar-refractivity contribution in [1.82, 2.24) is 4.90 Å². The summed E-state index contributed by atoms with van der Waals surface area (Å²) in [6.45, 7) is 5.50. The van der Waals surface area contributed by atoms with E-state index >= 15 is 0 Å². The first-order valence-electron chi connectivity index (χ1n) is 6.56. The normalized spacial score (nSPS) is 28.3. The van der Waals surface area contributed by atoms with Gasteiger partial charge in [-0.1, -0.05) is 12.1 Å². The Hall–Kier alpha value is -1.22. The fraction of sp³-hybridized carbons (Fsp3) is 0.571. The number of anilines is 1. The first-order chi connectivity index (χ1) is 8.33. The molecule has 2 heterocycles. The van der Waals surface area contributed by atoms with E-state index in [4.69, 9.17) is 4.74 Å². The standard InChI is InChI=1S/C14H20N2O/c1-11-5-4-8-16(11)10-12-9-15-13-6-2-3-7-14(13)17-12/h2-3,6-7,11-12,15H,4-5,8-10H2,1H3. The van der Waals surface area contributed by atoms with Gasteiger partial charge in [0.1, 0.15) is 11.9 Å². The predicted molar refractivity (Wildman–Crippen MR) is 69.6 cm³/mol. The second-order valence-electron chi connectivity index (χ2n) is 5.10. The molecule has 92 valence electrons. The maximum atomic E-state index is 6.04. The van der Waals surface area contributed by atoms with Crippen LogP contribution in [0.5, 0.6) is 5.75 Å². The molecule has 0 bridgehead atoms. The summed E-state index contributed by atoms with van der Waals surface area (Å²) >= 11 is 0. The van der Waals surface area contributed by atoms with Crippen LogP contribution in [-0.4, -0.2) is 36.7 Å². The highest BCUT2D eigenvalue weighted by Gasteiger charge is 2.26. The highest BCUT2D eigenvalue weighted by atomic mass is 16.5. The van der Waals surface area contributed by atoms with E-state index in [-0.39, 0.29) is 6.10 Å². The number of nitrogens with zero attached hydrogens (tertiary/aromatic N) is 1. The van der Waals surface area contributed by atoms with Crippen LogP contribution < -0.4 is 10.1 Å². The second kappa shape index (κ2) is 4.57. The van der Waals surface area contributed by atoms with E-state index in [0.717, 1.165) is 30.6 Å². The first-order valence-corrected chi connectivity index (χ1v) is 6.56. The van der Waals surface area contributed by atoms with Gasteiger partial charge in [-0.2, -0.15) is 0 Å². The maximum Gasteiger partial charge on any atom is 0.142 e. The lowest BCUT2D eigenvalue weighted by Crippen LogP contribution is -2.42. The van der Waals surface area contributed by atoms with Crippen molar-refractivity contribution in [3.05, 3.63) is 24.3 Å². The molecule has 1 fully saturated rings. The van der Waals surface area contributed by atoms with Gasteiger partial charge < -0.3 is 10.1 Å². The second-order valence-corrected chi connectivity index (χ2v) is 5.10. The summed E-state index contributed by atoms with van der Waals surface area (Å²) in [6, 6.07) is 8.90. The zero-order valence-electron chi connectivity index (χ0n) is 10.4. The third kappa shape index (κ3) is 2.25.